The normalized spacial score (nSPS) is 12.0. The summed E-state index contributed by atoms with van der Waals surface area (Å²) in [4.78, 5) is 0. The standard InChI is InChI=1S/C62H35IO6P2/c63-58-52(64-70-66-59-48-30-13-5-22-40(48)36-18-1-9-26-44(36)54(59)55-45-27-10-2-19-37(45)41-23-6-14-31-49(41)60(55)67-70)34-17-35-53(58)65-71-68-61-50-32-15-7-24-42(50)38-20-3-11-28-46(38)56(61)57-47-29-12-4-21-39(47)43-25-8-16-33-51(43)62(57)69-71/h1-35H. The lowest BCUT2D eigenvalue weighted by molar-refractivity contribution is 0.483. The summed E-state index contributed by atoms with van der Waals surface area (Å²) in [5.41, 5.74) is 2.86. The molecule has 0 unspecified atom stereocenters. The van der Waals surface area contributed by atoms with Crippen molar-refractivity contribution in [2.24, 2.45) is 0 Å². The van der Waals surface area contributed by atoms with Gasteiger partial charge in [-0.05, 0) is 99.4 Å². The lowest BCUT2D eigenvalue weighted by Gasteiger charge is -2.11. The number of benzene rings is 13. The van der Waals surface area contributed by atoms with Crippen LogP contribution >= 0.6 is 39.1 Å². The van der Waals surface area contributed by atoms with Crippen LogP contribution in [-0.4, -0.2) is 0 Å². The van der Waals surface area contributed by atoms with E-state index < -0.39 is 16.5 Å². The smallest absolute Gasteiger partial charge is 0.389 e. The maximum atomic E-state index is 7.19. The Labute approximate surface area is 419 Å². The summed E-state index contributed by atoms with van der Waals surface area (Å²) in [6.07, 6.45) is 0. The molecule has 0 spiro atoms. The fraction of sp³-hybridized carbons (Fsp3) is 0. The molecule has 0 saturated carbocycles. The molecule has 0 aliphatic rings. The minimum absolute atomic E-state index is 0.535. The zero-order valence-electron chi connectivity index (χ0n) is 37.4. The van der Waals surface area contributed by atoms with Crippen LogP contribution in [0, 0.1) is 3.57 Å². The first kappa shape index (κ1) is 40.9. The fourth-order valence-corrected chi connectivity index (χ4v) is 14.1. The third-order valence-electron chi connectivity index (χ3n) is 14.0. The molecule has 0 fully saturated rings. The van der Waals surface area contributed by atoms with Gasteiger partial charge in [0.05, 0.1) is 3.57 Å². The lowest BCUT2D eigenvalue weighted by Crippen LogP contribution is -1.88. The van der Waals surface area contributed by atoms with Crippen molar-refractivity contribution in [3.63, 3.8) is 0 Å². The summed E-state index contributed by atoms with van der Waals surface area (Å²) in [6.45, 7) is 0. The van der Waals surface area contributed by atoms with Crippen LogP contribution in [0.4, 0.5) is 0 Å². The zero-order chi connectivity index (χ0) is 46.7. The van der Waals surface area contributed by atoms with Gasteiger partial charge in [0.25, 0.3) is 0 Å². The van der Waals surface area contributed by atoms with Gasteiger partial charge < -0.3 is 25.8 Å². The van der Waals surface area contributed by atoms with E-state index in [1.54, 1.807) is 0 Å². The molecule has 71 heavy (non-hydrogen) atoms. The molecule has 0 aliphatic heterocycles. The first-order valence-electron chi connectivity index (χ1n) is 23.4. The van der Waals surface area contributed by atoms with Crippen molar-refractivity contribution in [3.8, 4) is 11.5 Å². The Balaban J connectivity index is 0.988. The lowest BCUT2D eigenvalue weighted by atomic mass is 9.92. The number of halogens is 1. The molecule has 0 bridgehead atoms. The highest BCUT2D eigenvalue weighted by molar-refractivity contribution is 14.1. The molecule has 0 amide bonds. The van der Waals surface area contributed by atoms with Crippen LogP contribution in [0.1, 0.15) is 0 Å². The SMILES string of the molecule is Ic1c(Op2oc3c4ccccc4c4ccccc4c3c3c4ccccc4c4ccccc4c3o2)cccc1Op1oc2c3ccccc3c3ccccc3c2c2c3ccccc3c3ccccc3c2o1. The van der Waals surface area contributed by atoms with Crippen molar-refractivity contribution in [2.75, 3.05) is 0 Å². The molecule has 2 heterocycles. The summed E-state index contributed by atoms with van der Waals surface area (Å²) in [5, 5.41) is 21.0. The number of fused-ring (bicyclic) bond motifs is 26. The van der Waals surface area contributed by atoms with Crippen LogP contribution in [0.3, 0.4) is 0 Å². The topological polar surface area (TPSA) is 71.0 Å². The molecule has 336 valence electrons. The van der Waals surface area contributed by atoms with Crippen LogP contribution in [0.2, 0.25) is 0 Å². The number of hydrogen-bond acceptors (Lipinski definition) is 6. The van der Waals surface area contributed by atoms with E-state index in [9.17, 15) is 0 Å². The Morgan fingerprint density at radius 2 is 0.437 bits per heavy atom. The molecule has 9 heteroatoms. The highest BCUT2D eigenvalue weighted by Gasteiger charge is 2.24. The van der Waals surface area contributed by atoms with Crippen LogP contribution in [0.25, 0.3) is 130 Å². The molecule has 6 nitrogen and oxygen atoms in total. The van der Waals surface area contributed by atoms with E-state index in [0.717, 1.165) is 108 Å². The minimum atomic E-state index is -2.12. The highest BCUT2D eigenvalue weighted by atomic mass is 127. The van der Waals surface area contributed by atoms with Gasteiger partial charge in [0, 0.05) is 43.1 Å². The molecule has 15 aromatic rings. The van der Waals surface area contributed by atoms with Gasteiger partial charge in [-0.15, -0.1) is 0 Å². The van der Waals surface area contributed by atoms with Crippen molar-refractivity contribution >= 4 is 169 Å². The molecule has 0 N–H and O–H groups in total. The van der Waals surface area contributed by atoms with Gasteiger partial charge >= 0.3 is 16.5 Å². The Morgan fingerprint density at radius 3 is 0.676 bits per heavy atom. The van der Waals surface area contributed by atoms with E-state index in [4.69, 9.17) is 25.8 Å². The maximum absolute atomic E-state index is 7.19. The Morgan fingerprint density at radius 1 is 0.239 bits per heavy atom. The van der Waals surface area contributed by atoms with Crippen molar-refractivity contribution in [2.45, 2.75) is 0 Å². The van der Waals surface area contributed by atoms with Crippen LogP contribution < -0.4 is 9.05 Å². The molecule has 15 rings (SSSR count). The molecular weight excluding hydrogens is 1030 g/mol. The second kappa shape index (κ2) is 16.1. The van der Waals surface area contributed by atoms with E-state index in [-0.39, 0.29) is 0 Å². The van der Waals surface area contributed by atoms with Gasteiger partial charge in [0.1, 0.15) is 0 Å². The summed E-state index contributed by atoms with van der Waals surface area (Å²) < 4.78 is 43.5. The zero-order valence-corrected chi connectivity index (χ0v) is 41.4. The maximum Gasteiger partial charge on any atom is 0.453 e. The van der Waals surface area contributed by atoms with Gasteiger partial charge in [0.15, 0.2) is 33.8 Å². The predicted molar refractivity (Wildman–Crippen MR) is 304 cm³/mol. The Kier molecular flexibility index (Phi) is 9.25. The molecule has 13 aromatic carbocycles. The predicted octanol–water partition coefficient (Wildman–Crippen LogP) is 20.4. The van der Waals surface area contributed by atoms with E-state index >= 15 is 0 Å². The second-order valence-corrected chi connectivity index (χ2v) is 20.8. The molecular formula is C62H35IO6P2. The Hall–Kier alpha value is -7.93. The summed E-state index contributed by atoms with van der Waals surface area (Å²) in [5.74, 6) is 1.07. The summed E-state index contributed by atoms with van der Waals surface area (Å²) >= 11 is 2.30. The molecule has 0 radical (unpaired) electrons. The van der Waals surface area contributed by atoms with Crippen molar-refractivity contribution in [3.05, 3.63) is 216 Å². The van der Waals surface area contributed by atoms with Gasteiger partial charge in [0.2, 0.25) is 0 Å². The first-order valence-corrected chi connectivity index (χ1v) is 26.6. The molecule has 2 aromatic heterocycles. The third-order valence-corrected chi connectivity index (χ3v) is 17.1. The number of hydrogen-bond donors (Lipinski definition) is 0. The molecule has 0 saturated heterocycles. The van der Waals surface area contributed by atoms with E-state index in [0.29, 0.717) is 37.4 Å². The average molecular weight is 1060 g/mol. The van der Waals surface area contributed by atoms with Crippen molar-refractivity contribution in [1.29, 1.82) is 0 Å². The summed E-state index contributed by atoms with van der Waals surface area (Å²) in [6, 6.07) is 73.7. The van der Waals surface area contributed by atoms with E-state index in [1.807, 2.05) is 18.2 Å². The fourth-order valence-electron chi connectivity index (χ4n) is 11.0. The number of rotatable bonds is 4. The minimum Gasteiger partial charge on any atom is -0.389 e. The Bertz CT molecular complexity index is 4290. The van der Waals surface area contributed by atoms with Crippen LogP contribution in [0.5, 0.6) is 11.5 Å². The van der Waals surface area contributed by atoms with Gasteiger partial charge in [-0.25, -0.2) is 0 Å². The van der Waals surface area contributed by atoms with Crippen molar-refractivity contribution in [1.82, 2.24) is 0 Å². The molecule has 0 atom stereocenters. The monoisotopic (exact) mass is 1060 g/mol. The van der Waals surface area contributed by atoms with E-state index in [1.165, 1.54) is 0 Å². The van der Waals surface area contributed by atoms with Crippen LogP contribution in [-0.2, 0) is 0 Å². The van der Waals surface area contributed by atoms with Gasteiger partial charge in [-0.1, -0.05) is 200 Å². The van der Waals surface area contributed by atoms with Gasteiger partial charge in [-0.2, -0.15) is 0 Å². The average Bonchev–Trinajstić information content (AvgIpc) is 3.72. The highest BCUT2D eigenvalue weighted by Crippen LogP contribution is 2.51. The third kappa shape index (κ3) is 6.20. The molecule has 0 aliphatic carbocycles. The second-order valence-electron chi connectivity index (χ2n) is 17.7. The first-order chi connectivity index (χ1) is 35.2. The van der Waals surface area contributed by atoms with Gasteiger partial charge in [-0.3, -0.25) is 0 Å². The van der Waals surface area contributed by atoms with Crippen LogP contribution in [0.15, 0.2) is 229 Å². The largest absolute Gasteiger partial charge is 0.453 e. The quantitative estimate of drug-likeness (QED) is 0.129. The van der Waals surface area contributed by atoms with E-state index in [2.05, 4.69) is 217 Å². The van der Waals surface area contributed by atoms with Crippen molar-refractivity contribution < 1.29 is 25.8 Å². The summed E-state index contributed by atoms with van der Waals surface area (Å²) in [7, 11) is -4.24.